The van der Waals surface area contributed by atoms with Gasteiger partial charge in [-0.05, 0) is 47.8 Å². The highest BCUT2D eigenvalue weighted by Crippen LogP contribution is 2.22. The Labute approximate surface area is 201 Å². The van der Waals surface area contributed by atoms with Crippen molar-refractivity contribution in [2.45, 2.75) is 26.8 Å². The lowest BCUT2D eigenvalue weighted by atomic mass is 10.0. The monoisotopic (exact) mass is 453 g/mol. The van der Waals surface area contributed by atoms with E-state index in [4.69, 9.17) is 0 Å². The number of hydrogen-bond acceptors (Lipinski definition) is 3. The van der Waals surface area contributed by atoms with Gasteiger partial charge < -0.3 is 14.8 Å². The van der Waals surface area contributed by atoms with Crippen LogP contribution in [0.25, 0.3) is 22.0 Å². The van der Waals surface area contributed by atoms with E-state index in [2.05, 4.69) is 40.9 Å². The summed E-state index contributed by atoms with van der Waals surface area (Å²) in [6.07, 6.45) is 1.90. The number of ketones is 1. The largest absolute Gasteiger partial charge is 0.346 e. The minimum absolute atomic E-state index is 0.189. The van der Waals surface area contributed by atoms with Crippen LogP contribution in [0.1, 0.15) is 30.6 Å². The molecule has 0 saturated heterocycles. The third-order valence-electron chi connectivity index (χ3n) is 6.24. The molecule has 0 aliphatic rings. The molecule has 1 amide bonds. The van der Waals surface area contributed by atoms with Crippen LogP contribution in [0.5, 0.6) is 0 Å². The van der Waals surface area contributed by atoms with Crippen molar-refractivity contribution in [1.82, 2.24) is 9.47 Å². The second kappa shape index (κ2) is 10.9. The van der Waals surface area contributed by atoms with E-state index in [0.717, 1.165) is 48.2 Å². The first-order valence-corrected chi connectivity index (χ1v) is 11.9. The molecule has 0 atom stereocenters. The fourth-order valence-electron chi connectivity index (χ4n) is 4.18. The number of hydrogen-bond donors (Lipinski definition) is 1. The minimum atomic E-state index is -0.308. The van der Waals surface area contributed by atoms with E-state index in [-0.39, 0.29) is 18.1 Å². The molecule has 4 aromatic rings. The Kier molecular flexibility index (Phi) is 7.55. The van der Waals surface area contributed by atoms with Crippen LogP contribution in [0.2, 0.25) is 0 Å². The van der Waals surface area contributed by atoms with Crippen LogP contribution in [-0.2, 0) is 11.3 Å². The van der Waals surface area contributed by atoms with E-state index in [9.17, 15) is 9.59 Å². The molecule has 0 bridgehead atoms. The number of anilines is 1. The van der Waals surface area contributed by atoms with Gasteiger partial charge in [0, 0.05) is 30.5 Å². The van der Waals surface area contributed by atoms with E-state index < -0.39 is 0 Å². The summed E-state index contributed by atoms with van der Waals surface area (Å²) in [5.74, 6) is -0.501. The average molecular weight is 454 g/mol. The molecule has 0 unspecified atom stereocenters. The molecule has 0 saturated carbocycles. The first-order chi connectivity index (χ1) is 16.6. The smallest absolute Gasteiger partial charge is 0.232 e. The fraction of sp³-hybridized carbons (Fsp3) is 0.241. The number of nitrogens with one attached hydrogen (secondary N) is 1. The average Bonchev–Trinajstić information content (AvgIpc) is 3.27. The Balaban J connectivity index is 1.39. The maximum Gasteiger partial charge on any atom is 0.232 e. The van der Waals surface area contributed by atoms with Gasteiger partial charge in [-0.2, -0.15) is 0 Å². The first kappa shape index (κ1) is 23.5. The van der Waals surface area contributed by atoms with Gasteiger partial charge in [-0.1, -0.05) is 74.5 Å². The fourth-order valence-corrected chi connectivity index (χ4v) is 4.18. The van der Waals surface area contributed by atoms with E-state index in [0.29, 0.717) is 11.3 Å². The number of Topliss-reactive ketones (excluding diaryl/α,β-unsaturated/α-hetero) is 1. The van der Waals surface area contributed by atoms with Crippen molar-refractivity contribution in [3.8, 4) is 11.1 Å². The van der Waals surface area contributed by atoms with Gasteiger partial charge in [0.15, 0.2) is 5.78 Å². The minimum Gasteiger partial charge on any atom is -0.346 e. The summed E-state index contributed by atoms with van der Waals surface area (Å²) in [7, 11) is 0. The quantitative estimate of drug-likeness (QED) is 0.242. The molecule has 1 N–H and O–H groups in total. The topological polar surface area (TPSA) is 54.3 Å². The summed E-state index contributed by atoms with van der Waals surface area (Å²) in [5, 5.41) is 4.02. The van der Waals surface area contributed by atoms with Crippen molar-refractivity contribution < 1.29 is 9.59 Å². The molecule has 5 nitrogen and oxygen atoms in total. The highest BCUT2D eigenvalue weighted by atomic mass is 16.2. The number of amides is 1. The Hall–Kier alpha value is -3.70. The van der Waals surface area contributed by atoms with Crippen molar-refractivity contribution in [2.24, 2.45) is 0 Å². The molecule has 0 aliphatic heterocycles. The SMILES string of the molecule is CCN(CC)CCn1ccc2ccc(NC(=O)CC(=O)c3ccc(-c4ccccc4)cc3)cc21. The van der Waals surface area contributed by atoms with Gasteiger partial charge in [0.05, 0.1) is 11.9 Å². The molecule has 4 rings (SSSR count). The van der Waals surface area contributed by atoms with E-state index in [1.807, 2.05) is 60.7 Å². The van der Waals surface area contributed by atoms with Crippen LogP contribution in [0.15, 0.2) is 85.1 Å². The Bertz CT molecular complexity index is 1260. The summed E-state index contributed by atoms with van der Waals surface area (Å²) in [5.41, 5.74) is 4.45. The maximum absolute atomic E-state index is 12.7. The molecule has 0 spiro atoms. The lowest BCUT2D eigenvalue weighted by molar-refractivity contribution is -0.115. The highest BCUT2D eigenvalue weighted by Gasteiger charge is 2.13. The van der Waals surface area contributed by atoms with Gasteiger partial charge >= 0.3 is 0 Å². The zero-order valence-corrected chi connectivity index (χ0v) is 19.8. The summed E-state index contributed by atoms with van der Waals surface area (Å²) in [4.78, 5) is 27.6. The third-order valence-corrected chi connectivity index (χ3v) is 6.24. The summed E-state index contributed by atoms with van der Waals surface area (Å²) in [6, 6.07) is 25.4. The van der Waals surface area contributed by atoms with Crippen LogP contribution in [0, 0.1) is 0 Å². The number of benzene rings is 3. The molecule has 5 heteroatoms. The number of carbonyl (C=O) groups is 2. The van der Waals surface area contributed by atoms with Gasteiger partial charge in [0.25, 0.3) is 0 Å². The predicted octanol–water partition coefficient (Wildman–Crippen LogP) is 5.86. The van der Waals surface area contributed by atoms with Gasteiger partial charge in [-0.3, -0.25) is 9.59 Å². The van der Waals surface area contributed by atoms with Gasteiger partial charge in [-0.25, -0.2) is 0 Å². The second-order valence-corrected chi connectivity index (χ2v) is 8.40. The molecule has 174 valence electrons. The van der Waals surface area contributed by atoms with E-state index in [1.165, 1.54) is 0 Å². The number of nitrogens with zero attached hydrogens (tertiary/aromatic N) is 2. The molecular weight excluding hydrogens is 422 g/mol. The van der Waals surface area contributed by atoms with Crippen molar-refractivity contribution >= 4 is 28.3 Å². The first-order valence-electron chi connectivity index (χ1n) is 11.9. The molecule has 34 heavy (non-hydrogen) atoms. The highest BCUT2D eigenvalue weighted by molar-refractivity contribution is 6.11. The van der Waals surface area contributed by atoms with Crippen molar-refractivity contribution in [3.05, 3.63) is 90.6 Å². The van der Waals surface area contributed by atoms with Crippen molar-refractivity contribution in [1.29, 1.82) is 0 Å². The molecule has 0 radical (unpaired) electrons. The molecular formula is C29H31N3O2. The maximum atomic E-state index is 12.7. The zero-order valence-electron chi connectivity index (χ0n) is 19.8. The predicted molar refractivity (Wildman–Crippen MR) is 139 cm³/mol. The number of carbonyl (C=O) groups excluding carboxylic acids is 2. The Morgan fingerprint density at radius 3 is 2.26 bits per heavy atom. The van der Waals surface area contributed by atoms with Crippen LogP contribution in [0.4, 0.5) is 5.69 Å². The lowest BCUT2D eigenvalue weighted by Gasteiger charge is -2.18. The molecule has 3 aromatic carbocycles. The summed E-state index contributed by atoms with van der Waals surface area (Å²) < 4.78 is 2.21. The number of aromatic nitrogens is 1. The van der Waals surface area contributed by atoms with E-state index in [1.54, 1.807) is 12.1 Å². The van der Waals surface area contributed by atoms with Gasteiger partial charge in [0.2, 0.25) is 5.91 Å². The summed E-state index contributed by atoms with van der Waals surface area (Å²) >= 11 is 0. The Morgan fingerprint density at radius 1 is 0.853 bits per heavy atom. The van der Waals surface area contributed by atoms with Gasteiger partial charge in [-0.15, -0.1) is 0 Å². The number of fused-ring (bicyclic) bond motifs is 1. The standard InChI is InChI=1S/C29H31N3O2/c1-3-31(4-2)18-19-32-17-16-24-14-15-26(20-27(24)32)30-29(34)21-28(33)25-12-10-23(11-13-25)22-8-6-5-7-9-22/h5-17,20H,3-4,18-19,21H2,1-2H3,(H,30,34). The summed E-state index contributed by atoms with van der Waals surface area (Å²) in [6.45, 7) is 8.26. The van der Waals surface area contributed by atoms with E-state index >= 15 is 0 Å². The number of rotatable bonds is 10. The molecule has 1 aromatic heterocycles. The van der Waals surface area contributed by atoms with Crippen molar-refractivity contribution in [2.75, 3.05) is 25.0 Å². The van der Waals surface area contributed by atoms with Gasteiger partial charge in [0.1, 0.15) is 0 Å². The molecule has 1 heterocycles. The van der Waals surface area contributed by atoms with Crippen LogP contribution in [-0.4, -0.2) is 40.8 Å². The zero-order chi connectivity index (χ0) is 23.9. The number of likely N-dealkylation sites (N-methyl/N-ethyl adjacent to an activating group) is 1. The van der Waals surface area contributed by atoms with Crippen LogP contribution in [0.3, 0.4) is 0 Å². The Morgan fingerprint density at radius 2 is 1.56 bits per heavy atom. The van der Waals surface area contributed by atoms with Crippen LogP contribution < -0.4 is 5.32 Å². The normalized spacial score (nSPS) is 11.1. The lowest BCUT2D eigenvalue weighted by Crippen LogP contribution is -2.26. The third kappa shape index (κ3) is 5.61. The second-order valence-electron chi connectivity index (χ2n) is 8.40. The van der Waals surface area contributed by atoms with Crippen molar-refractivity contribution in [3.63, 3.8) is 0 Å². The molecule has 0 aliphatic carbocycles. The molecule has 0 fully saturated rings. The van der Waals surface area contributed by atoms with Crippen LogP contribution >= 0.6 is 0 Å².